The van der Waals surface area contributed by atoms with Gasteiger partial charge in [0.05, 0.1) is 0 Å². The molecule has 0 heterocycles. The molecule has 0 aliphatic heterocycles. The Kier molecular flexibility index (Phi) is 6.32. The molecule has 1 N–H and O–H groups in total. The van der Waals surface area contributed by atoms with Gasteiger partial charge in [0.15, 0.2) is 8.46 Å². The van der Waals surface area contributed by atoms with E-state index in [4.69, 9.17) is 5.11 Å². The van der Waals surface area contributed by atoms with E-state index < -0.39 is 5.97 Å². The van der Waals surface area contributed by atoms with Crippen LogP contribution >= 0.6 is 8.46 Å². The quantitative estimate of drug-likeness (QED) is 0.697. The third-order valence-electron chi connectivity index (χ3n) is 3.09. The molecule has 0 saturated carbocycles. The zero-order valence-electron chi connectivity index (χ0n) is 11.6. The molecule has 0 aliphatic carbocycles. The van der Waals surface area contributed by atoms with Crippen molar-refractivity contribution >= 4 is 14.4 Å². The van der Waals surface area contributed by atoms with Crippen LogP contribution in [-0.4, -0.2) is 17.2 Å². The summed E-state index contributed by atoms with van der Waals surface area (Å²) in [5.74, 6) is -0.582. The largest absolute Gasteiger partial charge is 0.481 e. The molecule has 17 heavy (non-hydrogen) atoms. The van der Waals surface area contributed by atoms with Gasteiger partial charge in [-0.3, -0.25) is 9.36 Å². The zero-order chi connectivity index (χ0) is 13.7. The average Bonchev–Trinajstić information content (AvgIpc) is 2.07. The van der Waals surface area contributed by atoms with Crippen molar-refractivity contribution in [3.05, 3.63) is 0 Å². The summed E-state index contributed by atoms with van der Waals surface area (Å²) in [6, 6.07) is 0. The predicted octanol–water partition coefficient (Wildman–Crippen LogP) is 4.22. The van der Waals surface area contributed by atoms with Crippen molar-refractivity contribution in [2.75, 3.05) is 6.16 Å². The molecular formula is C13H25O3P. The van der Waals surface area contributed by atoms with E-state index in [2.05, 4.69) is 34.6 Å². The maximum absolute atomic E-state index is 10.8. The maximum Gasteiger partial charge on any atom is 0.303 e. The highest BCUT2D eigenvalue weighted by Gasteiger charge is 2.33. The lowest BCUT2D eigenvalue weighted by molar-refractivity contribution is -0.137. The van der Waals surface area contributed by atoms with Gasteiger partial charge in [0, 0.05) is 12.6 Å². The van der Waals surface area contributed by atoms with Crippen molar-refractivity contribution in [3.8, 4) is 0 Å². The predicted molar refractivity (Wildman–Crippen MR) is 70.7 cm³/mol. The van der Waals surface area contributed by atoms with Gasteiger partial charge in [0.1, 0.15) is 0 Å². The van der Waals surface area contributed by atoms with E-state index in [1.165, 1.54) is 0 Å². The lowest BCUT2D eigenvalue weighted by Gasteiger charge is -2.38. The highest BCUT2D eigenvalue weighted by atomic mass is 31.1. The van der Waals surface area contributed by atoms with E-state index in [9.17, 15) is 9.36 Å². The molecular weight excluding hydrogens is 235 g/mol. The molecule has 4 heteroatoms. The summed E-state index contributed by atoms with van der Waals surface area (Å²) in [6.07, 6.45) is 2.32. The van der Waals surface area contributed by atoms with E-state index in [-0.39, 0.29) is 31.6 Å². The highest BCUT2D eigenvalue weighted by Crippen LogP contribution is 2.42. The number of hydrogen-bond acceptors (Lipinski definition) is 2. The van der Waals surface area contributed by atoms with Crippen LogP contribution in [0, 0.1) is 16.7 Å². The van der Waals surface area contributed by atoms with Gasteiger partial charge >= 0.3 is 5.97 Å². The molecule has 0 fully saturated rings. The van der Waals surface area contributed by atoms with Gasteiger partial charge < -0.3 is 5.11 Å². The maximum atomic E-state index is 10.8. The van der Waals surface area contributed by atoms with Gasteiger partial charge in [0.2, 0.25) is 0 Å². The molecule has 0 unspecified atom stereocenters. The van der Waals surface area contributed by atoms with Crippen molar-refractivity contribution in [1.82, 2.24) is 0 Å². The van der Waals surface area contributed by atoms with E-state index in [0.29, 0.717) is 12.6 Å². The number of carboxylic acids is 1. The summed E-state index contributed by atoms with van der Waals surface area (Å²) in [4.78, 5) is 10.6. The van der Waals surface area contributed by atoms with E-state index >= 15 is 0 Å². The van der Waals surface area contributed by atoms with E-state index in [1.807, 2.05) is 0 Å². The van der Waals surface area contributed by atoms with Crippen LogP contribution in [0.2, 0.25) is 0 Å². The smallest absolute Gasteiger partial charge is 0.303 e. The number of hydrogen-bond donors (Lipinski definition) is 1. The topological polar surface area (TPSA) is 54.4 Å². The second-order valence-corrected chi connectivity index (χ2v) is 7.29. The lowest BCUT2D eigenvalue weighted by atomic mass is 9.68. The second-order valence-electron chi connectivity index (χ2n) is 6.67. The Hall–Kier alpha value is -0.430. The van der Waals surface area contributed by atoms with Crippen molar-refractivity contribution in [3.63, 3.8) is 0 Å². The Morgan fingerprint density at radius 1 is 1.24 bits per heavy atom. The van der Waals surface area contributed by atoms with Crippen molar-refractivity contribution in [1.29, 1.82) is 0 Å². The molecule has 0 radical (unpaired) electrons. The fourth-order valence-electron chi connectivity index (χ4n) is 2.63. The molecule has 0 aromatic carbocycles. The van der Waals surface area contributed by atoms with Crippen LogP contribution in [0.5, 0.6) is 0 Å². The van der Waals surface area contributed by atoms with Crippen LogP contribution in [-0.2, 0) is 9.36 Å². The van der Waals surface area contributed by atoms with Crippen LogP contribution in [0.1, 0.15) is 53.9 Å². The van der Waals surface area contributed by atoms with E-state index in [1.54, 1.807) is 0 Å². The molecule has 0 saturated heterocycles. The van der Waals surface area contributed by atoms with Crippen molar-refractivity contribution in [2.45, 2.75) is 53.9 Å². The Labute approximate surface area is 106 Å². The minimum Gasteiger partial charge on any atom is -0.481 e. The SMILES string of the molecule is CC(C)(C)CC(C)(C)[C@@H](CCC(=O)O)CP=O. The fraction of sp³-hybridized carbons (Fsp3) is 0.923. The van der Waals surface area contributed by atoms with E-state index in [0.717, 1.165) is 6.42 Å². The molecule has 0 aromatic heterocycles. The number of aliphatic carboxylic acids is 1. The summed E-state index contributed by atoms with van der Waals surface area (Å²) in [5.41, 5.74) is 0.218. The molecule has 100 valence electrons. The summed E-state index contributed by atoms with van der Waals surface area (Å²) in [6.45, 7) is 10.8. The van der Waals surface area contributed by atoms with Gasteiger partial charge in [-0.15, -0.1) is 0 Å². The molecule has 1 atom stereocenters. The Bertz CT molecular complexity index is 266. The van der Waals surface area contributed by atoms with Crippen LogP contribution in [0.25, 0.3) is 0 Å². The first-order valence-corrected chi connectivity index (χ1v) is 7.09. The minimum absolute atomic E-state index is 0.0190. The van der Waals surface area contributed by atoms with Crippen LogP contribution in [0.15, 0.2) is 0 Å². The number of carboxylic acid groups (broad SMARTS) is 1. The summed E-state index contributed by atoms with van der Waals surface area (Å²) >= 11 is 0. The van der Waals surface area contributed by atoms with Gasteiger partial charge in [-0.25, -0.2) is 0 Å². The molecule has 0 aliphatic rings. The molecule has 0 aromatic rings. The Morgan fingerprint density at radius 2 is 1.76 bits per heavy atom. The molecule has 0 bridgehead atoms. The monoisotopic (exact) mass is 260 g/mol. The highest BCUT2D eigenvalue weighted by molar-refractivity contribution is 7.23. The van der Waals surface area contributed by atoms with Crippen molar-refractivity contribution < 1.29 is 14.5 Å². The molecule has 3 nitrogen and oxygen atoms in total. The summed E-state index contributed by atoms with van der Waals surface area (Å²) in [7, 11) is 0.115. The number of rotatable bonds is 7. The molecule has 0 spiro atoms. The van der Waals surface area contributed by atoms with Gasteiger partial charge in [-0.2, -0.15) is 0 Å². The van der Waals surface area contributed by atoms with Crippen molar-refractivity contribution in [2.24, 2.45) is 16.7 Å². The van der Waals surface area contributed by atoms with Crippen LogP contribution in [0.4, 0.5) is 0 Å². The first-order chi connectivity index (χ1) is 7.58. The lowest BCUT2D eigenvalue weighted by Crippen LogP contribution is -2.30. The first-order valence-electron chi connectivity index (χ1n) is 6.09. The normalized spacial score (nSPS) is 14.9. The summed E-state index contributed by atoms with van der Waals surface area (Å²) < 4.78 is 10.8. The molecule has 0 rings (SSSR count). The number of carbonyl (C=O) groups is 1. The second kappa shape index (κ2) is 6.49. The fourth-order valence-corrected chi connectivity index (χ4v) is 3.48. The third-order valence-corrected chi connectivity index (χ3v) is 3.68. The van der Waals surface area contributed by atoms with Crippen LogP contribution in [0.3, 0.4) is 0 Å². The standard InChI is InChI=1S/C13H25O3P/c1-12(2,3)9-13(4,5)10(8-17-16)6-7-11(14)15/h10H,6-9H2,1-5H3,(H,14,15)/t10-/m0/s1. The average molecular weight is 260 g/mol. The van der Waals surface area contributed by atoms with Crippen LogP contribution < -0.4 is 0 Å². The first kappa shape index (κ1) is 16.6. The molecule has 0 amide bonds. The summed E-state index contributed by atoms with van der Waals surface area (Å²) in [5, 5.41) is 8.75. The van der Waals surface area contributed by atoms with Gasteiger partial charge in [-0.1, -0.05) is 34.6 Å². The minimum atomic E-state index is -0.774. The third kappa shape index (κ3) is 7.49. The Balaban J connectivity index is 4.64. The zero-order valence-corrected chi connectivity index (χ0v) is 12.5. The van der Waals surface area contributed by atoms with Gasteiger partial charge in [-0.05, 0) is 29.6 Å². The Morgan fingerprint density at radius 3 is 2.12 bits per heavy atom. The van der Waals surface area contributed by atoms with Gasteiger partial charge in [0.25, 0.3) is 0 Å².